The number of carbonyl (C=O) groups excluding carboxylic acids is 2. The Balaban J connectivity index is 1.25. The van der Waals surface area contributed by atoms with Crippen LogP contribution in [0.15, 0.2) is 54.9 Å². The molecule has 0 radical (unpaired) electrons. The number of tetrazole rings is 1. The van der Waals surface area contributed by atoms with E-state index in [9.17, 15) is 9.59 Å². The lowest BCUT2D eigenvalue weighted by atomic mass is 10.1. The van der Waals surface area contributed by atoms with Crippen molar-refractivity contribution >= 4 is 11.9 Å². The van der Waals surface area contributed by atoms with Gasteiger partial charge >= 0.3 is 5.97 Å². The van der Waals surface area contributed by atoms with Gasteiger partial charge in [-0.3, -0.25) is 9.69 Å². The first-order valence-electron chi connectivity index (χ1n) is 10.1. The van der Waals surface area contributed by atoms with E-state index in [1.165, 1.54) is 22.1 Å². The Morgan fingerprint density at radius 2 is 1.84 bits per heavy atom. The Morgan fingerprint density at radius 3 is 2.58 bits per heavy atom. The van der Waals surface area contributed by atoms with Crippen molar-refractivity contribution in [2.75, 3.05) is 32.8 Å². The van der Waals surface area contributed by atoms with Crippen LogP contribution in [0.5, 0.6) is 0 Å². The predicted molar refractivity (Wildman–Crippen MR) is 112 cm³/mol. The minimum Gasteiger partial charge on any atom is -0.452 e. The van der Waals surface area contributed by atoms with Crippen molar-refractivity contribution < 1.29 is 14.3 Å². The maximum Gasteiger partial charge on any atom is 0.338 e. The van der Waals surface area contributed by atoms with Gasteiger partial charge in [-0.05, 0) is 41.1 Å². The SMILES string of the molecule is Cc1cccc(CN2CCN(C(=O)COC(=O)c3cccc(-n4cnnn4)c3)CC2)c1. The summed E-state index contributed by atoms with van der Waals surface area (Å²) in [5.41, 5.74) is 3.49. The number of amides is 1. The number of rotatable bonds is 6. The lowest BCUT2D eigenvalue weighted by molar-refractivity contribution is -0.136. The van der Waals surface area contributed by atoms with Gasteiger partial charge in [0.25, 0.3) is 5.91 Å². The smallest absolute Gasteiger partial charge is 0.338 e. The van der Waals surface area contributed by atoms with E-state index in [1.807, 2.05) is 0 Å². The molecule has 0 unspecified atom stereocenters. The molecule has 160 valence electrons. The number of aryl methyl sites for hydroxylation is 1. The summed E-state index contributed by atoms with van der Waals surface area (Å²) >= 11 is 0. The third-order valence-corrected chi connectivity index (χ3v) is 5.24. The van der Waals surface area contributed by atoms with Gasteiger partial charge in [0.2, 0.25) is 0 Å². The fourth-order valence-corrected chi connectivity index (χ4v) is 3.58. The van der Waals surface area contributed by atoms with Crippen LogP contribution >= 0.6 is 0 Å². The van der Waals surface area contributed by atoms with Crippen molar-refractivity contribution in [2.45, 2.75) is 13.5 Å². The number of benzene rings is 2. The molecule has 9 heteroatoms. The number of hydrogen-bond donors (Lipinski definition) is 0. The van der Waals surface area contributed by atoms with E-state index in [-0.39, 0.29) is 12.5 Å². The monoisotopic (exact) mass is 420 g/mol. The minimum atomic E-state index is -0.554. The molecule has 9 nitrogen and oxygen atoms in total. The highest BCUT2D eigenvalue weighted by Gasteiger charge is 2.22. The highest BCUT2D eigenvalue weighted by Crippen LogP contribution is 2.12. The van der Waals surface area contributed by atoms with E-state index in [0.717, 1.165) is 19.6 Å². The van der Waals surface area contributed by atoms with E-state index >= 15 is 0 Å². The summed E-state index contributed by atoms with van der Waals surface area (Å²) in [4.78, 5) is 28.9. The third kappa shape index (κ3) is 5.32. The van der Waals surface area contributed by atoms with Gasteiger partial charge in [-0.2, -0.15) is 0 Å². The number of aromatic nitrogens is 4. The maximum atomic E-state index is 12.5. The summed E-state index contributed by atoms with van der Waals surface area (Å²) in [6.07, 6.45) is 1.44. The molecule has 1 fully saturated rings. The fourth-order valence-electron chi connectivity index (χ4n) is 3.58. The van der Waals surface area contributed by atoms with Crippen molar-refractivity contribution in [3.05, 3.63) is 71.5 Å². The Bertz CT molecular complexity index is 1040. The number of hydrogen-bond acceptors (Lipinski definition) is 7. The van der Waals surface area contributed by atoms with Gasteiger partial charge in [-0.1, -0.05) is 35.9 Å². The molecule has 2 heterocycles. The molecule has 0 bridgehead atoms. The van der Waals surface area contributed by atoms with Crippen LogP contribution in [0.3, 0.4) is 0 Å². The highest BCUT2D eigenvalue weighted by molar-refractivity contribution is 5.91. The lowest BCUT2D eigenvalue weighted by Crippen LogP contribution is -2.49. The maximum absolute atomic E-state index is 12.5. The normalized spacial score (nSPS) is 14.4. The van der Waals surface area contributed by atoms with Crippen LogP contribution in [0.4, 0.5) is 0 Å². The van der Waals surface area contributed by atoms with Crippen molar-refractivity contribution in [2.24, 2.45) is 0 Å². The summed E-state index contributed by atoms with van der Waals surface area (Å²) in [6.45, 7) is 5.52. The van der Waals surface area contributed by atoms with Crippen LogP contribution in [-0.2, 0) is 16.1 Å². The molecule has 0 saturated carbocycles. The largest absolute Gasteiger partial charge is 0.452 e. The summed E-state index contributed by atoms with van der Waals surface area (Å²) in [7, 11) is 0. The zero-order chi connectivity index (χ0) is 21.6. The second-order valence-corrected chi connectivity index (χ2v) is 7.53. The van der Waals surface area contributed by atoms with Crippen molar-refractivity contribution in [1.29, 1.82) is 0 Å². The quantitative estimate of drug-likeness (QED) is 0.558. The van der Waals surface area contributed by atoms with Gasteiger partial charge in [0, 0.05) is 32.7 Å². The summed E-state index contributed by atoms with van der Waals surface area (Å²) in [5, 5.41) is 11.0. The van der Waals surface area contributed by atoms with Crippen LogP contribution in [-0.4, -0.2) is 74.7 Å². The van der Waals surface area contributed by atoms with Crippen molar-refractivity contribution in [3.63, 3.8) is 0 Å². The fraction of sp³-hybridized carbons (Fsp3) is 0.318. The van der Waals surface area contributed by atoms with Gasteiger partial charge in [0.15, 0.2) is 6.61 Å². The topological polar surface area (TPSA) is 93.5 Å². The number of piperazine rings is 1. The zero-order valence-corrected chi connectivity index (χ0v) is 17.3. The van der Waals surface area contributed by atoms with E-state index in [1.54, 1.807) is 29.2 Å². The average Bonchev–Trinajstić information content (AvgIpc) is 3.33. The molecule has 1 aromatic heterocycles. The minimum absolute atomic E-state index is 0.180. The van der Waals surface area contributed by atoms with Crippen LogP contribution in [0.25, 0.3) is 5.69 Å². The summed E-state index contributed by atoms with van der Waals surface area (Å²) < 4.78 is 6.69. The molecule has 31 heavy (non-hydrogen) atoms. The van der Waals surface area contributed by atoms with Crippen LogP contribution in [0.2, 0.25) is 0 Å². The second-order valence-electron chi connectivity index (χ2n) is 7.53. The van der Waals surface area contributed by atoms with Gasteiger partial charge in [-0.15, -0.1) is 5.10 Å². The first-order chi connectivity index (χ1) is 15.1. The first kappa shape index (κ1) is 20.7. The van der Waals surface area contributed by atoms with Gasteiger partial charge in [0.1, 0.15) is 6.33 Å². The Hall–Kier alpha value is -3.59. The lowest BCUT2D eigenvalue weighted by Gasteiger charge is -2.34. The predicted octanol–water partition coefficient (Wildman–Crippen LogP) is 1.47. The van der Waals surface area contributed by atoms with Crippen LogP contribution in [0, 0.1) is 6.92 Å². The van der Waals surface area contributed by atoms with Gasteiger partial charge in [-0.25, -0.2) is 9.48 Å². The molecule has 0 aliphatic carbocycles. The number of carbonyl (C=O) groups is 2. The van der Waals surface area contributed by atoms with Crippen molar-refractivity contribution in [3.8, 4) is 5.69 Å². The van der Waals surface area contributed by atoms with Crippen LogP contribution in [0.1, 0.15) is 21.5 Å². The number of esters is 1. The molecule has 2 aromatic carbocycles. The Morgan fingerprint density at radius 1 is 1.03 bits per heavy atom. The Labute approximate surface area is 180 Å². The zero-order valence-electron chi connectivity index (χ0n) is 17.3. The molecule has 4 rings (SSSR count). The molecule has 1 saturated heterocycles. The van der Waals surface area contributed by atoms with E-state index in [2.05, 4.69) is 51.6 Å². The molecule has 1 aliphatic rings. The standard InChI is InChI=1S/C22H24N6O3/c1-17-4-2-5-18(12-17)14-26-8-10-27(11-9-26)21(29)15-31-22(30)19-6-3-7-20(13-19)28-16-23-24-25-28/h2-7,12-13,16H,8-11,14-15H2,1H3. The second kappa shape index (κ2) is 9.48. The Kier molecular flexibility index (Phi) is 6.32. The molecule has 0 N–H and O–H groups in total. The number of nitrogens with zero attached hydrogens (tertiary/aromatic N) is 6. The van der Waals surface area contributed by atoms with E-state index < -0.39 is 5.97 Å². The highest BCUT2D eigenvalue weighted by atomic mass is 16.5. The average molecular weight is 420 g/mol. The summed E-state index contributed by atoms with van der Waals surface area (Å²) in [6, 6.07) is 15.2. The van der Waals surface area contributed by atoms with Gasteiger partial charge in [0.05, 0.1) is 11.3 Å². The molecule has 1 aliphatic heterocycles. The number of ether oxygens (including phenoxy) is 1. The first-order valence-corrected chi connectivity index (χ1v) is 10.1. The molecule has 0 spiro atoms. The molecular weight excluding hydrogens is 396 g/mol. The van der Waals surface area contributed by atoms with E-state index in [4.69, 9.17) is 4.74 Å². The molecule has 0 atom stereocenters. The molecular formula is C22H24N6O3. The van der Waals surface area contributed by atoms with Crippen molar-refractivity contribution in [1.82, 2.24) is 30.0 Å². The summed E-state index contributed by atoms with van der Waals surface area (Å²) in [5.74, 6) is -0.735. The third-order valence-electron chi connectivity index (χ3n) is 5.24. The molecule has 1 amide bonds. The molecule has 3 aromatic rings. The van der Waals surface area contributed by atoms with E-state index in [0.29, 0.717) is 24.3 Å². The van der Waals surface area contributed by atoms with Crippen LogP contribution < -0.4 is 0 Å². The van der Waals surface area contributed by atoms with Gasteiger partial charge < -0.3 is 9.64 Å².